The van der Waals surface area contributed by atoms with Crippen molar-refractivity contribution >= 4 is 11.9 Å². The summed E-state index contributed by atoms with van der Waals surface area (Å²) in [4.78, 5) is 24.2. The van der Waals surface area contributed by atoms with E-state index in [2.05, 4.69) is 0 Å². The SMILES string of the molecule is CCN(C)C(=O)COc1ccc(OC)cc1C(=O)O. The van der Waals surface area contributed by atoms with Gasteiger partial charge in [-0.1, -0.05) is 0 Å². The molecule has 6 nitrogen and oxygen atoms in total. The number of carbonyl (C=O) groups is 2. The van der Waals surface area contributed by atoms with Crippen molar-refractivity contribution < 1.29 is 24.2 Å². The molecule has 0 aliphatic heterocycles. The van der Waals surface area contributed by atoms with Gasteiger partial charge in [-0.3, -0.25) is 4.79 Å². The number of ether oxygens (including phenoxy) is 2. The molecule has 0 aliphatic rings. The fourth-order valence-electron chi connectivity index (χ4n) is 1.36. The smallest absolute Gasteiger partial charge is 0.339 e. The van der Waals surface area contributed by atoms with E-state index in [4.69, 9.17) is 14.6 Å². The average Bonchev–Trinajstić information content (AvgIpc) is 2.43. The first kappa shape index (κ1) is 14.8. The summed E-state index contributed by atoms with van der Waals surface area (Å²) in [6.07, 6.45) is 0. The molecule has 0 fully saturated rings. The number of amides is 1. The van der Waals surface area contributed by atoms with Crippen LogP contribution >= 0.6 is 0 Å². The molecule has 0 atom stereocenters. The number of carbonyl (C=O) groups excluding carboxylic acids is 1. The van der Waals surface area contributed by atoms with Gasteiger partial charge in [0.25, 0.3) is 5.91 Å². The normalized spacial score (nSPS) is 9.84. The number of benzene rings is 1. The number of carboxylic acid groups (broad SMARTS) is 1. The molecule has 1 aromatic carbocycles. The van der Waals surface area contributed by atoms with Gasteiger partial charge in [0.15, 0.2) is 6.61 Å². The summed E-state index contributed by atoms with van der Waals surface area (Å²) >= 11 is 0. The minimum absolute atomic E-state index is 0.0358. The van der Waals surface area contributed by atoms with E-state index in [1.807, 2.05) is 6.92 Å². The van der Waals surface area contributed by atoms with Gasteiger partial charge in [-0.25, -0.2) is 4.79 Å². The van der Waals surface area contributed by atoms with Gasteiger partial charge in [0.05, 0.1) is 7.11 Å². The average molecular weight is 267 g/mol. The van der Waals surface area contributed by atoms with E-state index in [1.165, 1.54) is 24.1 Å². The number of rotatable bonds is 6. The van der Waals surface area contributed by atoms with Gasteiger partial charge in [0.2, 0.25) is 0 Å². The van der Waals surface area contributed by atoms with Gasteiger partial charge >= 0.3 is 5.97 Å². The van der Waals surface area contributed by atoms with Crippen LogP contribution in [0.15, 0.2) is 18.2 Å². The molecule has 1 N–H and O–H groups in total. The zero-order valence-corrected chi connectivity index (χ0v) is 11.2. The third-order valence-corrected chi connectivity index (χ3v) is 2.67. The predicted molar refractivity (Wildman–Crippen MR) is 68.8 cm³/mol. The molecule has 0 saturated heterocycles. The summed E-state index contributed by atoms with van der Waals surface area (Å²) in [7, 11) is 3.10. The Morgan fingerprint density at radius 3 is 2.58 bits per heavy atom. The Hall–Kier alpha value is -2.24. The highest BCUT2D eigenvalue weighted by atomic mass is 16.5. The summed E-state index contributed by atoms with van der Waals surface area (Å²) in [5.74, 6) is -0.784. The largest absolute Gasteiger partial charge is 0.497 e. The van der Waals surface area contributed by atoms with Crippen molar-refractivity contribution in [2.24, 2.45) is 0 Å². The Bertz CT molecular complexity index is 472. The molecule has 0 saturated carbocycles. The van der Waals surface area contributed by atoms with Crippen LogP contribution < -0.4 is 9.47 Å². The lowest BCUT2D eigenvalue weighted by Crippen LogP contribution is -2.31. The molecule has 104 valence electrons. The number of nitrogens with zero attached hydrogens (tertiary/aromatic N) is 1. The van der Waals surface area contributed by atoms with Crippen molar-refractivity contribution in [3.8, 4) is 11.5 Å². The number of hydrogen-bond donors (Lipinski definition) is 1. The van der Waals surface area contributed by atoms with Crippen molar-refractivity contribution in [1.29, 1.82) is 0 Å². The van der Waals surface area contributed by atoms with Crippen molar-refractivity contribution in [1.82, 2.24) is 4.90 Å². The van der Waals surface area contributed by atoms with Crippen molar-refractivity contribution in [2.45, 2.75) is 6.92 Å². The molecule has 0 spiro atoms. The monoisotopic (exact) mass is 267 g/mol. The zero-order valence-electron chi connectivity index (χ0n) is 11.2. The fraction of sp³-hybridized carbons (Fsp3) is 0.385. The second kappa shape index (κ2) is 6.63. The van der Waals surface area contributed by atoms with Crippen LogP contribution in [0.1, 0.15) is 17.3 Å². The first-order valence-electron chi connectivity index (χ1n) is 5.77. The first-order valence-corrected chi connectivity index (χ1v) is 5.77. The van der Waals surface area contributed by atoms with Crippen LogP contribution in [-0.4, -0.2) is 49.2 Å². The van der Waals surface area contributed by atoms with Gasteiger partial charge < -0.3 is 19.5 Å². The van der Waals surface area contributed by atoms with Gasteiger partial charge in [-0.05, 0) is 25.1 Å². The molecule has 19 heavy (non-hydrogen) atoms. The standard InChI is InChI=1S/C13H17NO5/c1-4-14(2)12(15)8-19-11-6-5-9(18-3)7-10(11)13(16)17/h5-7H,4,8H2,1-3H3,(H,16,17). The topological polar surface area (TPSA) is 76.1 Å². The lowest BCUT2D eigenvalue weighted by Gasteiger charge is -2.15. The van der Waals surface area contributed by atoms with E-state index in [9.17, 15) is 9.59 Å². The van der Waals surface area contributed by atoms with Crippen molar-refractivity contribution in [3.63, 3.8) is 0 Å². The molecule has 6 heteroatoms. The van der Waals surface area contributed by atoms with E-state index in [0.29, 0.717) is 12.3 Å². The van der Waals surface area contributed by atoms with Gasteiger partial charge in [0.1, 0.15) is 17.1 Å². The maximum atomic E-state index is 11.6. The molecule has 0 aromatic heterocycles. The van der Waals surface area contributed by atoms with Crippen LogP contribution in [0.2, 0.25) is 0 Å². The highest BCUT2D eigenvalue weighted by Gasteiger charge is 2.15. The Morgan fingerprint density at radius 1 is 1.37 bits per heavy atom. The summed E-state index contributed by atoms with van der Waals surface area (Å²) in [5.41, 5.74) is -0.0358. The molecule has 1 aromatic rings. The van der Waals surface area contributed by atoms with E-state index in [-0.39, 0.29) is 23.8 Å². The number of carboxylic acids is 1. The van der Waals surface area contributed by atoms with Crippen LogP contribution in [0.3, 0.4) is 0 Å². The lowest BCUT2D eigenvalue weighted by molar-refractivity contribution is -0.131. The van der Waals surface area contributed by atoms with Crippen LogP contribution in [0, 0.1) is 0 Å². The molecule has 0 unspecified atom stereocenters. The predicted octanol–water partition coefficient (Wildman–Crippen LogP) is 1.25. The van der Waals surface area contributed by atoms with E-state index in [0.717, 1.165) is 0 Å². The number of hydrogen-bond acceptors (Lipinski definition) is 4. The molecule has 0 heterocycles. The lowest BCUT2D eigenvalue weighted by atomic mass is 10.2. The van der Waals surface area contributed by atoms with Crippen LogP contribution in [-0.2, 0) is 4.79 Å². The third-order valence-electron chi connectivity index (χ3n) is 2.67. The minimum Gasteiger partial charge on any atom is -0.497 e. The summed E-state index contributed by atoms with van der Waals surface area (Å²) in [6, 6.07) is 4.41. The molecule has 0 aliphatic carbocycles. The molecular formula is C13H17NO5. The van der Waals surface area contributed by atoms with Gasteiger partial charge in [-0.15, -0.1) is 0 Å². The zero-order chi connectivity index (χ0) is 14.4. The number of methoxy groups -OCH3 is 1. The summed E-state index contributed by atoms with van der Waals surface area (Å²) < 4.78 is 10.2. The Morgan fingerprint density at radius 2 is 2.05 bits per heavy atom. The van der Waals surface area contributed by atoms with Crippen molar-refractivity contribution in [2.75, 3.05) is 27.3 Å². The number of likely N-dealkylation sites (N-methyl/N-ethyl adjacent to an activating group) is 1. The Labute approximate surface area is 111 Å². The highest BCUT2D eigenvalue weighted by Crippen LogP contribution is 2.24. The first-order chi connectivity index (χ1) is 8.99. The molecule has 0 radical (unpaired) electrons. The maximum absolute atomic E-state index is 11.6. The summed E-state index contributed by atoms with van der Waals surface area (Å²) in [6.45, 7) is 2.21. The highest BCUT2D eigenvalue weighted by molar-refractivity contribution is 5.91. The quantitative estimate of drug-likeness (QED) is 0.839. The van der Waals surface area contributed by atoms with Crippen LogP contribution in [0.25, 0.3) is 0 Å². The molecule has 0 bridgehead atoms. The second-order valence-corrected chi connectivity index (χ2v) is 3.86. The molecular weight excluding hydrogens is 250 g/mol. The van der Waals surface area contributed by atoms with Gasteiger partial charge in [0, 0.05) is 13.6 Å². The van der Waals surface area contributed by atoms with E-state index < -0.39 is 5.97 Å². The van der Waals surface area contributed by atoms with Crippen LogP contribution in [0.5, 0.6) is 11.5 Å². The van der Waals surface area contributed by atoms with Gasteiger partial charge in [-0.2, -0.15) is 0 Å². The fourth-order valence-corrected chi connectivity index (χ4v) is 1.36. The van der Waals surface area contributed by atoms with Crippen molar-refractivity contribution in [3.05, 3.63) is 23.8 Å². The maximum Gasteiger partial charge on any atom is 0.339 e. The third kappa shape index (κ3) is 3.87. The second-order valence-electron chi connectivity index (χ2n) is 3.86. The van der Waals surface area contributed by atoms with E-state index >= 15 is 0 Å². The Kier molecular flexibility index (Phi) is 5.17. The number of aromatic carboxylic acids is 1. The molecule has 1 amide bonds. The molecule has 1 rings (SSSR count). The van der Waals surface area contributed by atoms with E-state index in [1.54, 1.807) is 13.1 Å². The Balaban J connectivity index is 2.83. The minimum atomic E-state index is -1.13. The summed E-state index contributed by atoms with van der Waals surface area (Å²) in [5, 5.41) is 9.08. The van der Waals surface area contributed by atoms with Crippen LogP contribution in [0.4, 0.5) is 0 Å².